The maximum atomic E-state index is 12.0. The topological polar surface area (TPSA) is 44.1 Å². The molecule has 0 aliphatic rings. The standard InChI is InChI=1S/C18H22N2O2/c1-12-8-7-9-15(13(12)2)14(3)16-10-20(11-19-16)17(21)22-18(4,5)6/h7-11H,3H2,1-2,4-6H3. The van der Waals surface area contributed by atoms with E-state index in [9.17, 15) is 4.79 Å². The molecule has 0 saturated carbocycles. The molecule has 2 rings (SSSR count). The van der Waals surface area contributed by atoms with Gasteiger partial charge in [-0.2, -0.15) is 0 Å². The average molecular weight is 298 g/mol. The Labute approximate surface area is 131 Å². The Bertz CT molecular complexity index is 721. The van der Waals surface area contributed by atoms with Crippen LogP contribution in [0.1, 0.15) is 43.2 Å². The molecular weight excluding hydrogens is 276 g/mol. The molecule has 0 radical (unpaired) electrons. The fraction of sp³-hybridized carbons (Fsp3) is 0.333. The molecule has 0 amide bonds. The lowest BCUT2D eigenvalue weighted by Crippen LogP contribution is -2.26. The third-order valence-corrected chi connectivity index (χ3v) is 3.43. The van der Waals surface area contributed by atoms with Gasteiger partial charge < -0.3 is 4.74 Å². The third kappa shape index (κ3) is 3.45. The molecule has 0 bridgehead atoms. The molecule has 0 aliphatic heterocycles. The van der Waals surface area contributed by atoms with Gasteiger partial charge in [0.1, 0.15) is 11.9 Å². The van der Waals surface area contributed by atoms with Crippen LogP contribution in [-0.2, 0) is 4.74 Å². The fourth-order valence-electron chi connectivity index (χ4n) is 2.11. The Morgan fingerprint density at radius 1 is 1.27 bits per heavy atom. The molecule has 1 aromatic heterocycles. The first kappa shape index (κ1) is 16.0. The highest BCUT2D eigenvalue weighted by Crippen LogP contribution is 2.25. The molecule has 0 atom stereocenters. The summed E-state index contributed by atoms with van der Waals surface area (Å²) in [4.78, 5) is 16.3. The number of aryl methyl sites for hydroxylation is 1. The molecular formula is C18H22N2O2. The van der Waals surface area contributed by atoms with Gasteiger partial charge in [-0.25, -0.2) is 14.3 Å². The van der Waals surface area contributed by atoms with E-state index >= 15 is 0 Å². The van der Waals surface area contributed by atoms with E-state index in [0.717, 1.165) is 11.1 Å². The van der Waals surface area contributed by atoms with Crippen LogP contribution in [0.2, 0.25) is 0 Å². The molecule has 0 fully saturated rings. The van der Waals surface area contributed by atoms with Crippen molar-refractivity contribution in [2.24, 2.45) is 0 Å². The largest absolute Gasteiger partial charge is 0.443 e. The van der Waals surface area contributed by atoms with Crippen molar-refractivity contribution in [3.8, 4) is 0 Å². The Morgan fingerprint density at radius 2 is 1.95 bits per heavy atom. The summed E-state index contributed by atoms with van der Waals surface area (Å²) < 4.78 is 6.66. The fourth-order valence-corrected chi connectivity index (χ4v) is 2.11. The van der Waals surface area contributed by atoms with Crippen molar-refractivity contribution in [3.63, 3.8) is 0 Å². The van der Waals surface area contributed by atoms with Crippen molar-refractivity contribution >= 4 is 11.7 Å². The summed E-state index contributed by atoms with van der Waals surface area (Å²) in [6.07, 6.45) is 2.66. The minimum absolute atomic E-state index is 0.444. The summed E-state index contributed by atoms with van der Waals surface area (Å²) in [5.41, 5.74) is 4.33. The van der Waals surface area contributed by atoms with Gasteiger partial charge in [0.05, 0.1) is 5.69 Å². The predicted octanol–water partition coefficient (Wildman–Crippen LogP) is 4.34. The van der Waals surface area contributed by atoms with E-state index in [2.05, 4.69) is 31.5 Å². The molecule has 116 valence electrons. The van der Waals surface area contributed by atoms with Crippen molar-refractivity contribution in [1.82, 2.24) is 9.55 Å². The van der Waals surface area contributed by atoms with E-state index in [-0.39, 0.29) is 0 Å². The number of hydrogen-bond acceptors (Lipinski definition) is 3. The van der Waals surface area contributed by atoms with Crippen LogP contribution < -0.4 is 0 Å². The highest BCUT2D eigenvalue weighted by Gasteiger charge is 2.19. The Morgan fingerprint density at radius 3 is 2.59 bits per heavy atom. The first-order valence-electron chi connectivity index (χ1n) is 7.22. The zero-order valence-electron chi connectivity index (χ0n) is 13.8. The van der Waals surface area contributed by atoms with Crippen molar-refractivity contribution in [2.75, 3.05) is 0 Å². The van der Waals surface area contributed by atoms with Crippen molar-refractivity contribution in [2.45, 2.75) is 40.2 Å². The minimum atomic E-state index is -0.536. The Kier molecular flexibility index (Phi) is 4.22. The van der Waals surface area contributed by atoms with E-state index in [4.69, 9.17) is 4.74 Å². The number of carbonyl (C=O) groups excluding carboxylic acids is 1. The summed E-state index contributed by atoms with van der Waals surface area (Å²) in [5, 5.41) is 0. The van der Waals surface area contributed by atoms with Crippen LogP contribution in [0.15, 0.2) is 37.3 Å². The maximum Gasteiger partial charge on any atom is 0.419 e. The highest BCUT2D eigenvalue weighted by molar-refractivity contribution is 5.79. The van der Waals surface area contributed by atoms with E-state index in [1.54, 1.807) is 6.20 Å². The number of benzene rings is 1. The normalized spacial score (nSPS) is 11.3. The number of carbonyl (C=O) groups is 1. The van der Waals surface area contributed by atoms with Gasteiger partial charge in [-0.15, -0.1) is 0 Å². The lowest BCUT2D eigenvalue weighted by Gasteiger charge is -2.19. The molecule has 1 aromatic carbocycles. The predicted molar refractivity (Wildman–Crippen MR) is 87.9 cm³/mol. The van der Waals surface area contributed by atoms with Crippen molar-refractivity contribution in [3.05, 3.63) is 59.7 Å². The average Bonchev–Trinajstić information content (AvgIpc) is 2.89. The molecule has 0 saturated heterocycles. The van der Waals surface area contributed by atoms with Gasteiger partial charge >= 0.3 is 6.09 Å². The van der Waals surface area contributed by atoms with Crippen LogP contribution in [0.3, 0.4) is 0 Å². The molecule has 2 aromatic rings. The van der Waals surface area contributed by atoms with Gasteiger partial charge in [-0.3, -0.25) is 0 Å². The van der Waals surface area contributed by atoms with Gasteiger partial charge in [0.15, 0.2) is 0 Å². The van der Waals surface area contributed by atoms with Gasteiger partial charge in [0.2, 0.25) is 0 Å². The van der Waals surface area contributed by atoms with E-state index in [1.807, 2.05) is 32.9 Å². The lowest BCUT2D eigenvalue weighted by atomic mass is 9.96. The van der Waals surface area contributed by atoms with Crippen LogP contribution >= 0.6 is 0 Å². The van der Waals surface area contributed by atoms with E-state index in [0.29, 0.717) is 5.69 Å². The quantitative estimate of drug-likeness (QED) is 0.828. The van der Waals surface area contributed by atoms with Crippen LogP contribution in [0.25, 0.3) is 5.57 Å². The third-order valence-electron chi connectivity index (χ3n) is 3.43. The second-order valence-corrected chi connectivity index (χ2v) is 6.37. The molecule has 0 N–H and O–H groups in total. The van der Waals surface area contributed by atoms with Gasteiger partial charge in [0, 0.05) is 11.8 Å². The minimum Gasteiger partial charge on any atom is -0.443 e. The lowest BCUT2D eigenvalue weighted by molar-refractivity contribution is 0.0536. The smallest absolute Gasteiger partial charge is 0.419 e. The van der Waals surface area contributed by atoms with Crippen LogP contribution in [-0.4, -0.2) is 21.2 Å². The summed E-state index contributed by atoms with van der Waals surface area (Å²) in [6.45, 7) is 13.7. The monoisotopic (exact) mass is 298 g/mol. The van der Waals surface area contributed by atoms with Crippen molar-refractivity contribution in [1.29, 1.82) is 0 Å². The number of nitrogens with zero attached hydrogens (tertiary/aromatic N) is 2. The number of aromatic nitrogens is 2. The Hall–Kier alpha value is -2.36. The number of hydrogen-bond donors (Lipinski definition) is 0. The zero-order chi connectivity index (χ0) is 16.5. The molecule has 4 heteroatoms. The van der Waals surface area contributed by atoms with Gasteiger partial charge in [0.25, 0.3) is 0 Å². The molecule has 1 heterocycles. The molecule has 0 aliphatic carbocycles. The first-order chi connectivity index (χ1) is 10.2. The summed E-state index contributed by atoms with van der Waals surface area (Å²) in [5.74, 6) is 0. The molecule has 0 unspecified atom stereocenters. The van der Waals surface area contributed by atoms with Crippen LogP contribution in [0.4, 0.5) is 4.79 Å². The molecule has 4 nitrogen and oxygen atoms in total. The first-order valence-corrected chi connectivity index (χ1v) is 7.22. The Balaban J connectivity index is 2.26. The van der Waals surface area contributed by atoms with E-state index < -0.39 is 11.7 Å². The molecule has 0 spiro atoms. The second-order valence-electron chi connectivity index (χ2n) is 6.37. The zero-order valence-corrected chi connectivity index (χ0v) is 13.8. The number of ether oxygens (including phenoxy) is 1. The second kappa shape index (κ2) is 5.79. The maximum absolute atomic E-state index is 12.0. The molecule has 22 heavy (non-hydrogen) atoms. The van der Waals surface area contributed by atoms with Crippen molar-refractivity contribution < 1.29 is 9.53 Å². The van der Waals surface area contributed by atoms with Gasteiger partial charge in [-0.05, 0) is 51.3 Å². The summed E-state index contributed by atoms with van der Waals surface area (Å²) >= 11 is 0. The highest BCUT2D eigenvalue weighted by atomic mass is 16.6. The SMILES string of the molecule is C=C(c1cn(C(=O)OC(C)(C)C)cn1)c1cccc(C)c1C. The van der Waals surface area contributed by atoms with Gasteiger partial charge in [-0.1, -0.05) is 24.8 Å². The van der Waals surface area contributed by atoms with Crippen LogP contribution in [0.5, 0.6) is 0 Å². The number of imidazole rings is 1. The summed E-state index contributed by atoms with van der Waals surface area (Å²) in [6, 6.07) is 6.07. The van der Waals surface area contributed by atoms with Crippen LogP contribution in [0, 0.1) is 13.8 Å². The number of rotatable bonds is 2. The van der Waals surface area contributed by atoms with E-state index in [1.165, 1.54) is 22.0 Å². The summed E-state index contributed by atoms with van der Waals surface area (Å²) in [7, 11) is 0.